The Morgan fingerprint density at radius 3 is 2.46 bits per heavy atom. The fourth-order valence-corrected chi connectivity index (χ4v) is 1.29. The highest BCUT2D eigenvalue weighted by Gasteiger charge is 2.13. The summed E-state index contributed by atoms with van der Waals surface area (Å²) in [5.41, 5.74) is 2.63. The van der Waals surface area contributed by atoms with Gasteiger partial charge >= 0.3 is 5.97 Å². The number of benzene rings is 1. The van der Waals surface area contributed by atoms with Gasteiger partial charge < -0.3 is 10.5 Å². The summed E-state index contributed by atoms with van der Waals surface area (Å²) >= 11 is 11.4. The first kappa shape index (κ1) is 10.1. The first-order chi connectivity index (χ1) is 6.07. The number of nitrogens with two attached hydrogens (primary N) is 1. The van der Waals surface area contributed by atoms with E-state index in [2.05, 4.69) is 5.43 Å². The molecule has 0 aliphatic rings. The maximum atomic E-state index is 10.6. The van der Waals surface area contributed by atoms with Gasteiger partial charge in [0.2, 0.25) is 0 Å². The number of halogens is 2. The van der Waals surface area contributed by atoms with Gasteiger partial charge in [0.15, 0.2) is 0 Å². The number of nitrogens with one attached hydrogen (secondary N) is 1. The maximum absolute atomic E-state index is 10.6. The summed E-state index contributed by atoms with van der Waals surface area (Å²) in [6.45, 7) is 0. The number of carbonyl (C=O) groups is 1. The molecule has 0 fully saturated rings. The van der Waals surface area contributed by atoms with Crippen molar-refractivity contribution in [3.8, 4) is 0 Å². The lowest BCUT2D eigenvalue weighted by atomic mass is 10.2. The minimum absolute atomic E-state index is 0.0235. The Morgan fingerprint density at radius 2 is 2.00 bits per heavy atom. The highest BCUT2D eigenvalue weighted by molar-refractivity contribution is 6.45. The van der Waals surface area contributed by atoms with Crippen LogP contribution in [0.2, 0.25) is 10.0 Å². The van der Waals surface area contributed by atoms with Crippen molar-refractivity contribution in [1.29, 1.82) is 0 Å². The molecule has 0 saturated heterocycles. The largest absolute Gasteiger partial charge is 0.478 e. The van der Waals surface area contributed by atoms with Crippen LogP contribution in [0, 0.1) is 0 Å². The van der Waals surface area contributed by atoms with E-state index < -0.39 is 5.97 Å². The number of rotatable bonds is 2. The second kappa shape index (κ2) is 3.83. The van der Waals surface area contributed by atoms with E-state index in [9.17, 15) is 4.79 Å². The monoisotopic (exact) mass is 220 g/mol. The number of aromatic carboxylic acids is 1. The van der Waals surface area contributed by atoms with Crippen LogP contribution >= 0.6 is 23.2 Å². The number of carboxylic acid groups (broad SMARTS) is 1. The van der Waals surface area contributed by atoms with Gasteiger partial charge in [0, 0.05) is 0 Å². The van der Waals surface area contributed by atoms with E-state index in [1.54, 1.807) is 0 Å². The molecule has 1 aromatic carbocycles. The Hall–Kier alpha value is -0.970. The van der Waals surface area contributed by atoms with Crippen LogP contribution in [-0.4, -0.2) is 11.1 Å². The Kier molecular flexibility index (Phi) is 2.98. The van der Waals surface area contributed by atoms with Gasteiger partial charge in [0.25, 0.3) is 0 Å². The molecule has 0 bridgehead atoms. The van der Waals surface area contributed by atoms with Crippen LogP contribution in [0.5, 0.6) is 0 Å². The number of carboxylic acids is 1. The van der Waals surface area contributed by atoms with Crippen molar-refractivity contribution in [2.24, 2.45) is 5.84 Å². The van der Waals surface area contributed by atoms with Gasteiger partial charge in [0.05, 0.1) is 21.3 Å². The van der Waals surface area contributed by atoms with Gasteiger partial charge in [-0.25, -0.2) is 4.79 Å². The Labute approximate surface area is 84.2 Å². The highest BCUT2D eigenvalue weighted by atomic mass is 35.5. The summed E-state index contributed by atoms with van der Waals surface area (Å²) in [6, 6.07) is 2.77. The topological polar surface area (TPSA) is 75.3 Å². The van der Waals surface area contributed by atoms with Crippen molar-refractivity contribution < 1.29 is 9.90 Å². The lowest BCUT2D eigenvalue weighted by Gasteiger charge is -2.06. The fourth-order valence-electron chi connectivity index (χ4n) is 0.826. The summed E-state index contributed by atoms with van der Waals surface area (Å²) in [5.74, 6) is 3.98. The van der Waals surface area contributed by atoms with Crippen molar-refractivity contribution in [3.05, 3.63) is 27.7 Å². The third-order valence-corrected chi connectivity index (χ3v) is 2.35. The summed E-state index contributed by atoms with van der Waals surface area (Å²) in [4.78, 5) is 10.6. The van der Waals surface area contributed by atoms with Crippen molar-refractivity contribution in [1.82, 2.24) is 0 Å². The van der Waals surface area contributed by atoms with Gasteiger partial charge in [-0.3, -0.25) is 5.84 Å². The average molecular weight is 221 g/mol. The Bertz CT molecular complexity index is 355. The third-order valence-electron chi connectivity index (χ3n) is 1.47. The lowest BCUT2D eigenvalue weighted by Crippen LogP contribution is -2.08. The molecule has 4 nitrogen and oxygen atoms in total. The molecule has 0 spiro atoms. The molecule has 0 aliphatic heterocycles. The zero-order valence-corrected chi connectivity index (χ0v) is 7.86. The summed E-state index contributed by atoms with van der Waals surface area (Å²) in [5, 5.41) is 8.74. The summed E-state index contributed by atoms with van der Waals surface area (Å²) in [6.07, 6.45) is 0. The number of hydrazine groups is 1. The van der Waals surface area contributed by atoms with Gasteiger partial charge in [-0.2, -0.15) is 0 Å². The second-order valence-corrected chi connectivity index (χ2v) is 2.99. The van der Waals surface area contributed by atoms with Crippen molar-refractivity contribution >= 4 is 34.9 Å². The minimum atomic E-state index is -1.13. The maximum Gasteiger partial charge on any atom is 0.337 e. The summed E-state index contributed by atoms with van der Waals surface area (Å²) in [7, 11) is 0. The molecule has 1 aromatic rings. The molecule has 0 heterocycles. The first-order valence-corrected chi connectivity index (χ1v) is 4.01. The third kappa shape index (κ3) is 1.85. The lowest BCUT2D eigenvalue weighted by molar-refractivity contribution is 0.0697. The van der Waals surface area contributed by atoms with E-state index in [1.165, 1.54) is 12.1 Å². The van der Waals surface area contributed by atoms with E-state index in [-0.39, 0.29) is 15.6 Å². The van der Waals surface area contributed by atoms with Gasteiger partial charge in [-0.05, 0) is 12.1 Å². The fraction of sp³-hybridized carbons (Fsp3) is 0. The normalized spacial score (nSPS) is 9.77. The molecule has 4 N–H and O–H groups in total. The van der Waals surface area contributed by atoms with Crippen LogP contribution in [-0.2, 0) is 0 Å². The summed E-state index contributed by atoms with van der Waals surface area (Å²) < 4.78 is 0. The Morgan fingerprint density at radius 1 is 1.38 bits per heavy atom. The van der Waals surface area contributed by atoms with Gasteiger partial charge in [-0.15, -0.1) is 0 Å². The molecule has 13 heavy (non-hydrogen) atoms. The first-order valence-electron chi connectivity index (χ1n) is 3.26. The Balaban J connectivity index is 3.31. The zero-order valence-electron chi connectivity index (χ0n) is 6.34. The number of hydrogen-bond donors (Lipinski definition) is 3. The van der Waals surface area contributed by atoms with Crippen LogP contribution in [0.25, 0.3) is 0 Å². The number of hydrogen-bond acceptors (Lipinski definition) is 3. The standard InChI is InChI=1S/C7H6Cl2N2O2/c8-5-3(7(12)13)1-2-4(11-10)6(5)9/h1-2,11H,10H2,(H,12,13). The van der Waals surface area contributed by atoms with Crippen molar-refractivity contribution in [2.45, 2.75) is 0 Å². The van der Waals surface area contributed by atoms with E-state index in [0.29, 0.717) is 5.69 Å². The molecule has 1 rings (SSSR count). The van der Waals surface area contributed by atoms with Crippen LogP contribution in [0.1, 0.15) is 10.4 Å². The molecule has 0 amide bonds. The number of anilines is 1. The van der Waals surface area contributed by atoms with Crippen molar-refractivity contribution in [2.75, 3.05) is 5.43 Å². The molecule has 6 heteroatoms. The molecule has 0 atom stereocenters. The van der Waals surface area contributed by atoms with E-state index in [0.717, 1.165) is 0 Å². The van der Waals surface area contributed by atoms with Crippen LogP contribution in [0.15, 0.2) is 12.1 Å². The smallest absolute Gasteiger partial charge is 0.337 e. The van der Waals surface area contributed by atoms with Crippen LogP contribution < -0.4 is 11.3 Å². The van der Waals surface area contributed by atoms with E-state index in [1.807, 2.05) is 0 Å². The second-order valence-electron chi connectivity index (χ2n) is 2.24. The van der Waals surface area contributed by atoms with Crippen LogP contribution in [0.4, 0.5) is 5.69 Å². The quantitative estimate of drug-likeness (QED) is 0.527. The molecular formula is C7H6Cl2N2O2. The predicted octanol–water partition coefficient (Wildman–Crippen LogP) is 1.98. The van der Waals surface area contributed by atoms with E-state index >= 15 is 0 Å². The molecule has 0 aliphatic carbocycles. The molecule has 70 valence electrons. The van der Waals surface area contributed by atoms with Crippen molar-refractivity contribution in [3.63, 3.8) is 0 Å². The van der Waals surface area contributed by atoms with Crippen LogP contribution in [0.3, 0.4) is 0 Å². The van der Waals surface area contributed by atoms with Gasteiger partial charge in [-0.1, -0.05) is 23.2 Å². The minimum Gasteiger partial charge on any atom is -0.478 e. The zero-order chi connectivity index (χ0) is 10.0. The highest BCUT2D eigenvalue weighted by Crippen LogP contribution is 2.32. The molecule has 0 saturated carbocycles. The van der Waals surface area contributed by atoms with E-state index in [4.69, 9.17) is 34.2 Å². The average Bonchev–Trinajstić information content (AvgIpc) is 2.09. The molecular weight excluding hydrogens is 215 g/mol. The molecule has 0 unspecified atom stereocenters. The molecule has 0 radical (unpaired) electrons. The SMILES string of the molecule is NNc1ccc(C(=O)O)c(Cl)c1Cl. The number of nitrogen functional groups attached to an aromatic ring is 1. The predicted molar refractivity (Wildman–Crippen MR) is 51.2 cm³/mol. The van der Waals surface area contributed by atoms with Gasteiger partial charge in [0.1, 0.15) is 0 Å². The molecule has 0 aromatic heterocycles.